The lowest BCUT2D eigenvalue weighted by molar-refractivity contribution is -0.923. The molecular formula is C22H30NO4+. The van der Waals surface area contributed by atoms with Gasteiger partial charge in [-0.25, -0.2) is 0 Å². The summed E-state index contributed by atoms with van der Waals surface area (Å²) in [5, 5.41) is 0. The van der Waals surface area contributed by atoms with Crippen molar-refractivity contribution in [1.82, 2.24) is 0 Å². The summed E-state index contributed by atoms with van der Waals surface area (Å²) >= 11 is 0. The maximum atomic E-state index is 5.80. The molecule has 5 heteroatoms. The van der Waals surface area contributed by atoms with Gasteiger partial charge in [-0.05, 0) is 29.3 Å². The molecule has 2 aromatic rings. The van der Waals surface area contributed by atoms with E-state index in [1.54, 1.807) is 28.4 Å². The van der Waals surface area contributed by atoms with Crippen molar-refractivity contribution in [2.45, 2.75) is 18.9 Å². The number of benzene rings is 2. The number of rotatable bonds is 6. The lowest BCUT2D eigenvalue weighted by Gasteiger charge is -2.43. The summed E-state index contributed by atoms with van der Waals surface area (Å²) in [5.41, 5.74) is 3.81. The first-order valence-corrected chi connectivity index (χ1v) is 9.22. The van der Waals surface area contributed by atoms with Crippen LogP contribution in [0.3, 0.4) is 0 Å². The standard InChI is InChI=1S/C22H30NO4/c1-23(2)12-11-16-8-10-19(25-4)22(27-6)21(16)17(23)13-15-7-9-18(24-3)20(14-15)26-5/h7-10,14,17H,11-13H2,1-6H3/q+1. The van der Waals surface area contributed by atoms with Crippen molar-refractivity contribution in [2.75, 3.05) is 49.1 Å². The number of nitrogens with zero attached hydrogens (tertiary/aromatic N) is 1. The number of methoxy groups -OCH3 is 4. The minimum atomic E-state index is 0.261. The van der Waals surface area contributed by atoms with E-state index < -0.39 is 0 Å². The largest absolute Gasteiger partial charge is 0.493 e. The molecule has 5 nitrogen and oxygen atoms in total. The van der Waals surface area contributed by atoms with Crippen molar-refractivity contribution >= 4 is 0 Å². The molecule has 0 aliphatic carbocycles. The van der Waals surface area contributed by atoms with Gasteiger partial charge in [-0.1, -0.05) is 12.1 Å². The van der Waals surface area contributed by atoms with E-state index in [0.717, 1.165) is 46.9 Å². The van der Waals surface area contributed by atoms with E-state index in [1.165, 1.54) is 16.7 Å². The van der Waals surface area contributed by atoms with Crippen LogP contribution < -0.4 is 18.9 Å². The number of fused-ring (bicyclic) bond motifs is 1. The first kappa shape index (κ1) is 19.4. The minimum absolute atomic E-state index is 0.261. The summed E-state index contributed by atoms with van der Waals surface area (Å²) in [6.07, 6.45) is 1.91. The van der Waals surface area contributed by atoms with Crippen LogP contribution in [0.5, 0.6) is 23.0 Å². The van der Waals surface area contributed by atoms with E-state index in [9.17, 15) is 0 Å². The highest BCUT2D eigenvalue weighted by Crippen LogP contribution is 2.45. The zero-order valence-corrected chi connectivity index (χ0v) is 17.2. The Hall–Kier alpha value is -2.40. The average molecular weight is 372 g/mol. The molecule has 0 bridgehead atoms. The van der Waals surface area contributed by atoms with Gasteiger partial charge in [0.25, 0.3) is 0 Å². The molecule has 1 aliphatic rings. The van der Waals surface area contributed by atoms with Crippen LogP contribution in [0.4, 0.5) is 0 Å². The van der Waals surface area contributed by atoms with Crippen LogP contribution in [0, 0.1) is 0 Å². The van der Waals surface area contributed by atoms with Gasteiger partial charge in [0.1, 0.15) is 6.04 Å². The van der Waals surface area contributed by atoms with E-state index >= 15 is 0 Å². The smallest absolute Gasteiger partial charge is 0.170 e. The molecule has 3 rings (SSSR count). The van der Waals surface area contributed by atoms with Gasteiger partial charge < -0.3 is 23.4 Å². The summed E-state index contributed by atoms with van der Waals surface area (Å²) in [6, 6.07) is 10.6. The number of hydrogen-bond acceptors (Lipinski definition) is 4. The Morgan fingerprint density at radius 2 is 1.52 bits per heavy atom. The van der Waals surface area contributed by atoms with Gasteiger partial charge in [-0.15, -0.1) is 0 Å². The molecule has 0 fully saturated rings. The van der Waals surface area contributed by atoms with Gasteiger partial charge in [0.2, 0.25) is 0 Å². The molecule has 1 unspecified atom stereocenters. The Morgan fingerprint density at radius 3 is 2.15 bits per heavy atom. The van der Waals surface area contributed by atoms with Gasteiger partial charge in [0, 0.05) is 12.8 Å². The van der Waals surface area contributed by atoms with Gasteiger partial charge >= 0.3 is 0 Å². The highest BCUT2D eigenvalue weighted by molar-refractivity contribution is 5.53. The van der Waals surface area contributed by atoms with Crippen molar-refractivity contribution in [3.8, 4) is 23.0 Å². The first-order chi connectivity index (χ1) is 12.9. The Kier molecular flexibility index (Phi) is 5.51. The zero-order valence-electron chi connectivity index (χ0n) is 17.2. The molecule has 1 heterocycles. The fourth-order valence-corrected chi connectivity index (χ4v) is 4.07. The Bertz CT molecular complexity index is 816. The fraction of sp³-hybridized carbons (Fsp3) is 0.455. The first-order valence-electron chi connectivity index (χ1n) is 9.22. The summed E-state index contributed by atoms with van der Waals surface area (Å²) in [4.78, 5) is 0. The van der Waals surface area contributed by atoms with Crippen molar-refractivity contribution in [2.24, 2.45) is 0 Å². The van der Waals surface area contributed by atoms with E-state index in [0.29, 0.717) is 0 Å². The fourth-order valence-electron chi connectivity index (χ4n) is 4.07. The molecule has 0 saturated heterocycles. The zero-order chi connectivity index (χ0) is 19.6. The predicted molar refractivity (Wildman–Crippen MR) is 106 cm³/mol. The van der Waals surface area contributed by atoms with Crippen LogP contribution in [-0.4, -0.2) is 53.6 Å². The maximum Gasteiger partial charge on any atom is 0.170 e. The molecule has 0 N–H and O–H groups in total. The average Bonchev–Trinajstić information content (AvgIpc) is 2.68. The third-order valence-electron chi connectivity index (χ3n) is 5.69. The molecule has 0 aromatic heterocycles. The van der Waals surface area contributed by atoms with E-state index in [4.69, 9.17) is 18.9 Å². The molecule has 0 saturated carbocycles. The second-order valence-electron chi connectivity index (χ2n) is 7.54. The second-order valence-corrected chi connectivity index (χ2v) is 7.54. The number of quaternary nitrogens is 1. The predicted octanol–water partition coefficient (Wildman–Crippen LogP) is 3.64. The number of ether oxygens (including phenoxy) is 4. The topological polar surface area (TPSA) is 36.9 Å². The van der Waals surface area contributed by atoms with Crippen molar-refractivity contribution in [3.63, 3.8) is 0 Å². The third kappa shape index (κ3) is 3.56. The van der Waals surface area contributed by atoms with Gasteiger partial charge in [0.05, 0.1) is 54.6 Å². The molecular weight excluding hydrogens is 342 g/mol. The number of likely N-dealkylation sites (N-methyl/N-ethyl adjacent to an activating group) is 1. The van der Waals surface area contributed by atoms with Gasteiger partial charge in [-0.3, -0.25) is 0 Å². The lowest BCUT2D eigenvalue weighted by atomic mass is 9.86. The van der Waals surface area contributed by atoms with Crippen LogP contribution in [-0.2, 0) is 12.8 Å². The van der Waals surface area contributed by atoms with Gasteiger partial charge in [0.15, 0.2) is 23.0 Å². The maximum absolute atomic E-state index is 5.80. The Labute approximate surface area is 162 Å². The van der Waals surface area contributed by atoms with E-state index in [2.05, 4.69) is 32.3 Å². The third-order valence-corrected chi connectivity index (χ3v) is 5.69. The highest BCUT2D eigenvalue weighted by atomic mass is 16.5. The van der Waals surface area contributed by atoms with Crippen molar-refractivity contribution in [1.29, 1.82) is 0 Å². The van der Waals surface area contributed by atoms with Crippen LogP contribution in [0.1, 0.15) is 22.7 Å². The summed E-state index contributed by atoms with van der Waals surface area (Å²) in [6.45, 7) is 1.08. The normalized spacial score (nSPS) is 17.8. The van der Waals surface area contributed by atoms with E-state index in [-0.39, 0.29) is 6.04 Å². The Balaban J connectivity index is 2.07. The molecule has 0 radical (unpaired) electrons. The molecule has 1 atom stereocenters. The van der Waals surface area contributed by atoms with E-state index in [1.807, 2.05) is 12.1 Å². The van der Waals surface area contributed by atoms with Crippen molar-refractivity contribution in [3.05, 3.63) is 47.0 Å². The summed E-state index contributed by atoms with van der Waals surface area (Å²) < 4.78 is 23.1. The Morgan fingerprint density at radius 1 is 0.852 bits per heavy atom. The van der Waals surface area contributed by atoms with Gasteiger partial charge in [-0.2, -0.15) is 0 Å². The van der Waals surface area contributed by atoms with Crippen molar-refractivity contribution < 1.29 is 23.4 Å². The van der Waals surface area contributed by atoms with Crippen LogP contribution in [0.2, 0.25) is 0 Å². The molecule has 27 heavy (non-hydrogen) atoms. The summed E-state index contributed by atoms with van der Waals surface area (Å²) in [7, 11) is 11.3. The van der Waals surface area contributed by atoms with Crippen LogP contribution in [0.25, 0.3) is 0 Å². The van der Waals surface area contributed by atoms with Crippen LogP contribution >= 0.6 is 0 Å². The lowest BCUT2D eigenvalue weighted by Crippen LogP contribution is -2.48. The second kappa shape index (κ2) is 7.69. The SMILES string of the molecule is COc1ccc(CC2c3c(ccc(OC)c3OC)CC[N+]2(C)C)cc1OC. The summed E-state index contributed by atoms with van der Waals surface area (Å²) in [5.74, 6) is 3.15. The molecule has 1 aliphatic heterocycles. The highest BCUT2D eigenvalue weighted by Gasteiger charge is 2.39. The quantitative estimate of drug-likeness (QED) is 0.726. The molecule has 0 spiro atoms. The monoisotopic (exact) mass is 372 g/mol. The van der Waals surface area contributed by atoms with Crippen LogP contribution in [0.15, 0.2) is 30.3 Å². The molecule has 2 aromatic carbocycles. The number of hydrogen-bond donors (Lipinski definition) is 0. The molecule has 146 valence electrons. The molecule has 0 amide bonds. The minimum Gasteiger partial charge on any atom is -0.493 e.